The monoisotopic (exact) mass is 392 g/mol. The maximum atomic E-state index is 13.6. The molecule has 0 N–H and O–H groups in total. The number of alkyl halides is 3. The lowest BCUT2D eigenvalue weighted by Crippen LogP contribution is -2.44. The molecular formula is C19H19F3N4O2. The van der Waals surface area contributed by atoms with Gasteiger partial charge in [0.15, 0.2) is 22.8 Å². The van der Waals surface area contributed by atoms with E-state index in [2.05, 4.69) is 17.0 Å². The Morgan fingerprint density at radius 1 is 1.29 bits per heavy atom. The maximum Gasteiger partial charge on any atom is 0.433 e. The molecule has 9 heteroatoms. The molecule has 0 saturated carbocycles. The van der Waals surface area contributed by atoms with Crippen molar-refractivity contribution in [1.82, 2.24) is 19.5 Å². The zero-order chi connectivity index (χ0) is 20.1. The van der Waals surface area contributed by atoms with E-state index < -0.39 is 11.9 Å². The van der Waals surface area contributed by atoms with Crippen LogP contribution < -0.4 is 0 Å². The quantitative estimate of drug-likeness (QED) is 0.653. The number of aromatic nitrogens is 3. The van der Waals surface area contributed by atoms with Crippen molar-refractivity contribution < 1.29 is 22.4 Å². The number of carbonyl (C=O) groups excluding carboxylic acids is 1. The van der Waals surface area contributed by atoms with Crippen LogP contribution in [0.4, 0.5) is 13.2 Å². The van der Waals surface area contributed by atoms with Gasteiger partial charge in [-0.1, -0.05) is 6.92 Å². The van der Waals surface area contributed by atoms with Crippen LogP contribution in [-0.2, 0) is 6.18 Å². The van der Waals surface area contributed by atoms with E-state index in [1.54, 1.807) is 11.0 Å². The highest BCUT2D eigenvalue weighted by Gasteiger charge is 2.36. The zero-order valence-electron chi connectivity index (χ0n) is 15.4. The third-order valence-corrected chi connectivity index (χ3v) is 5.11. The van der Waals surface area contributed by atoms with Crippen molar-refractivity contribution in [2.75, 3.05) is 6.54 Å². The number of fused-ring (bicyclic) bond motifs is 1. The topological polar surface area (TPSA) is 63.6 Å². The number of amides is 1. The van der Waals surface area contributed by atoms with Crippen LogP contribution >= 0.6 is 0 Å². The maximum absolute atomic E-state index is 13.6. The highest BCUT2D eigenvalue weighted by atomic mass is 19.4. The van der Waals surface area contributed by atoms with E-state index in [0.717, 1.165) is 18.9 Å². The molecule has 2 unspecified atom stereocenters. The number of nitrogens with zero attached hydrogens (tertiary/aromatic N) is 4. The van der Waals surface area contributed by atoms with Gasteiger partial charge in [0, 0.05) is 18.7 Å². The van der Waals surface area contributed by atoms with E-state index in [1.807, 2.05) is 6.92 Å². The number of piperidine rings is 1. The minimum atomic E-state index is -4.66. The Labute approximate surface area is 159 Å². The van der Waals surface area contributed by atoms with E-state index in [4.69, 9.17) is 4.42 Å². The van der Waals surface area contributed by atoms with Crippen LogP contribution in [0, 0.1) is 5.92 Å². The molecule has 148 valence electrons. The molecule has 0 aliphatic carbocycles. The Morgan fingerprint density at radius 2 is 2.07 bits per heavy atom. The lowest BCUT2D eigenvalue weighted by Gasteiger charge is -2.36. The number of halogens is 3. The Hall–Kier alpha value is -2.84. The molecule has 0 bridgehead atoms. The molecule has 1 aliphatic heterocycles. The predicted octanol–water partition coefficient (Wildman–Crippen LogP) is 4.27. The van der Waals surface area contributed by atoms with Crippen molar-refractivity contribution in [3.8, 4) is 11.5 Å². The summed E-state index contributed by atoms with van der Waals surface area (Å²) in [5, 5.41) is 3.94. The van der Waals surface area contributed by atoms with Crippen LogP contribution in [-0.4, -0.2) is 38.0 Å². The largest absolute Gasteiger partial charge is 0.463 e. The first-order valence-corrected chi connectivity index (χ1v) is 9.07. The summed E-state index contributed by atoms with van der Waals surface area (Å²) >= 11 is 0. The summed E-state index contributed by atoms with van der Waals surface area (Å²) in [6.07, 6.45) is -1.59. The first kappa shape index (κ1) is 18.5. The van der Waals surface area contributed by atoms with Gasteiger partial charge in [-0.05, 0) is 43.9 Å². The van der Waals surface area contributed by atoms with Gasteiger partial charge in [-0.2, -0.15) is 18.3 Å². The standard InChI is InChI=1S/C19H19F3N4O2/c1-11-5-6-25(12(2)8-11)18(27)14-10-17-23-13(15-4-3-7-28-15)9-16(19(20,21)22)26(17)24-14/h3-4,7,9-12H,5-6,8H2,1-2H3. The summed E-state index contributed by atoms with van der Waals surface area (Å²) in [5.74, 6) is 0.341. The number of rotatable bonds is 2. The molecule has 1 saturated heterocycles. The summed E-state index contributed by atoms with van der Waals surface area (Å²) in [5.41, 5.74) is -1.08. The molecule has 3 aromatic rings. The molecular weight excluding hydrogens is 373 g/mol. The molecule has 6 nitrogen and oxygen atoms in total. The smallest absolute Gasteiger partial charge is 0.433 e. The molecule has 1 aliphatic rings. The zero-order valence-corrected chi connectivity index (χ0v) is 15.4. The summed E-state index contributed by atoms with van der Waals surface area (Å²) in [6, 6.07) is 5.28. The number of carbonyl (C=O) groups is 1. The number of hydrogen-bond donors (Lipinski definition) is 0. The van der Waals surface area contributed by atoms with Crippen LogP contribution in [0.3, 0.4) is 0 Å². The summed E-state index contributed by atoms with van der Waals surface area (Å²) in [4.78, 5) is 18.8. The second-order valence-electron chi connectivity index (χ2n) is 7.28. The van der Waals surface area contributed by atoms with Crippen molar-refractivity contribution in [2.24, 2.45) is 5.92 Å². The molecule has 1 amide bonds. The average Bonchev–Trinajstić information content (AvgIpc) is 3.29. The number of hydrogen-bond acceptors (Lipinski definition) is 4. The predicted molar refractivity (Wildman–Crippen MR) is 94.6 cm³/mol. The molecule has 3 aromatic heterocycles. The Balaban J connectivity index is 1.78. The summed E-state index contributed by atoms with van der Waals surface area (Å²) in [7, 11) is 0. The van der Waals surface area contributed by atoms with Gasteiger partial charge in [0.25, 0.3) is 5.91 Å². The van der Waals surface area contributed by atoms with Crippen LogP contribution in [0.2, 0.25) is 0 Å². The van der Waals surface area contributed by atoms with Gasteiger partial charge >= 0.3 is 6.18 Å². The summed E-state index contributed by atoms with van der Waals surface area (Å²) in [6.45, 7) is 4.63. The average molecular weight is 392 g/mol. The van der Waals surface area contributed by atoms with Crippen LogP contribution in [0.25, 0.3) is 17.1 Å². The molecule has 0 radical (unpaired) electrons. The van der Waals surface area contributed by atoms with Gasteiger partial charge in [0.1, 0.15) is 5.69 Å². The fourth-order valence-electron chi connectivity index (χ4n) is 3.69. The third-order valence-electron chi connectivity index (χ3n) is 5.11. The van der Waals surface area contributed by atoms with Crippen LogP contribution in [0.15, 0.2) is 34.9 Å². The van der Waals surface area contributed by atoms with Crippen molar-refractivity contribution in [2.45, 2.75) is 38.9 Å². The minimum Gasteiger partial charge on any atom is -0.463 e. The van der Waals surface area contributed by atoms with Crippen molar-refractivity contribution >= 4 is 11.6 Å². The van der Waals surface area contributed by atoms with Gasteiger partial charge in [-0.3, -0.25) is 4.79 Å². The fourth-order valence-corrected chi connectivity index (χ4v) is 3.69. The molecule has 4 rings (SSSR count). The summed E-state index contributed by atoms with van der Waals surface area (Å²) < 4.78 is 46.6. The minimum absolute atomic E-state index is 0.00906. The van der Waals surface area contributed by atoms with Crippen LogP contribution in [0.5, 0.6) is 0 Å². The Kier molecular flexibility index (Phi) is 4.40. The van der Waals surface area contributed by atoms with Gasteiger partial charge in [0.05, 0.1) is 6.26 Å². The van der Waals surface area contributed by atoms with E-state index in [-0.39, 0.29) is 34.7 Å². The van der Waals surface area contributed by atoms with E-state index >= 15 is 0 Å². The van der Waals surface area contributed by atoms with E-state index in [9.17, 15) is 18.0 Å². The molecule has 2 atom stereocenters. The second-order valence-corrected chi connectivity index (χ2v) is 7.28. The molecule has 1 fully saturated rings. The van der Waals surface area contributed by atoms with Gasteiger partial charge in [0.2, 0.25) is 0 Å². The highest BCUT2D eigenvalue weighted by Crippen LogP contribution is 2.33. The first-order valence-electron chi connectivity index (χ1n) is 9.07. The van der Waals surface area contributed by atoms with E-state index in [0.29, 0.717) is 17.0 Å². The third kappa shape index (κ3) is 3.25. The fraction of sp³-hybridized carbons (Fsp3) is 0.421. The number of likely N-dealkylation sites (tertiary alicyclic amines) is 1. The van der Waals surface area contributed by atoms with Crippen molar-refractivity contribution in [3.05, 3.63) is 41.9 Å². The van der Waals surface area contributed by atoms with Crippen molar-refractivity contribution in [1.29, 1.82) is 0 Å². The molecule has 28 heavy (non-hydrogen) atoms. The van der Waals surface area contributed by atoms with Crippen LogP contribution in [0.1, 0.15) is 42.9 Å². The van der Waals surface area contributed by atoms with Gasteiger partial charge < -0.3 is 9.32 Å². The normalized spacial score (nSPS) is 20.7. The molecule has 4 heterocycles. The lowest BCUT2D eigenvalue weighted by molar-refractivity contribution is -0.142. The molecule has 0 aromatic carbocycles. The van der Waals surface area contributed by atoms with Gasteiger partial charge in [-0.15, -0.1) is 0 Å². The Morgan fingerprint density at radius 3 is 2.71 bits per heavy atom. The lowest BCUT2D eigenvalue weighted by atomic mass is 9.93. The first-order chi connectivity index (χ1) is 13.2. The van der Waals surface area contributed by atoms with Gasteiger partial charge in [-0.25, -0.2) is 9.50 Å². The molecule has 0 spiro atoms. The SMILES string of the molecule is CC1CCN(C(=O)c2cc3nc(-c4ccco4)cc(C(F)(F)F)n3n2)C(C)C1. The highest BCUT2D eigenvalue weighted by molar-refractivity contribution is 5.93. The van der Waals surface area contributed by atoms with E-state index in [1.165, 1.54) is 18.4 Å². The number of furan rings is 1. The Bertz CT molecular complexity index is 1010. The second kappa shape index (κ2) is 6.65. The van der Waals surface area contributed by atoms with Crippen molar-refractivity contribution in [3.63, 3.8) is 0 Å².